The van der Waals surface area contributed by atoms with Crippen LogP contribution in [-0.2, 0) is 22.6 Å². The molecule has 5 nitrogen and oxygen atoms in total. The molecule has 0 bridgehead atoms. The first-order valence-corrected chi connectivity index (χ1v) is 9.68. The summed E-state index contributed by atoms with van der Waals surface area (Å²) in [6, 6.07) is 0. The molecule has 6 heteroatoms. The molecule has 150 valence electrons. The number of halogens is 1. The van der Waals surface area contributed by atoms with Gasteiger partial charge >= 0.3 is 11.9 Å². The summed E-state index contributed by atoms with van der Waals surface area (Å²) < 4.78 is 18.3. The van der Waals surface area contributed by atoms with Crippen molar-refractivity contribution in [1.29, 1.82) is 0 Å². The molecule has 1 aromatic rings. The number of aliphatic carboxylic acids is 1. The number of carboxylic acid groups (broad SMARTS) is 1. The second kappa shape index (κ2) is 8.59. The minimum Gasteiger partial charge on any atom is -0.481 e. The van der Waals surface area contributed by atoms with E-state index in [1.807, 2.05) is 6.92 Å². The lowest BCUT2D eigenvalue weighted by atomic mass is 9.81. The van der Waals surface area contributed by atoms with Crippen molar-refractivity contribution in [3.63, 3.8) is 0 Å². The number of allylic oxidation sites excluding steroid dienone is 2. The Kier molecular flexibility index (Phi) is 6.17. The van der Waals surface area contributed by atoms with Crippen molar-refractivity contribution >= 4 is 23.7 Å². The summed E-state index contributed by atoms with van der Waals surface area (Å²) in [4.78, 5) is 23.5. The molecule has 28 heavy (non-hydrogen) atoms. The normalized spacial score (nSPS) is 20.5. The Labute approximate surface area is 164 Å². The van der Waals surface area contributed by atoms with Crippen LogP contribution < -0.4 is 5.32 Å². The monoisotopic (exact) mass is 387 g/mol. The molecule has 0 radical (unpaired) electrons. The maximum Gasteiger partial charge on any atom is 0.341 e. The number of carboxylic acids is 1. The molecule has 1 fully saturated rings. The molecular weight excluding hydrogens is 361 g/mol. The smallest absolute Gasteiger partial charge is 0.341 e. The number of hydrogen-bond donors (Lipinski definition) is 2. The van der Waals surface area contributed by atoms with Crippen molar-refractivity contribution in [1.82, 2.24) is 0 Å². The van der Waals surface area contributed by atoms with Crippen molar-refractivity contribution in [3.05, 3.63) is 45.8 Å². The number of cyclic esters (lactones) is 1. The average molecular weight is 387 g/mol. The predicted molar refractivity (Wildman–Crippen MR) is 106 cm³/mol. The third kappa shape index (κ3) is 3.81. The molecule has 1 saturated carbocycles. The molecular formula is C22H26FNO4. The zero-order valence-electron chi connectivity index (χ0n) is 16.3. The number of ether oxygens (including phenoxy) is 1. The lowest BCUT2D eigenvalue weighted by Crippen LogP contribution is -2.15. The molecule has 2 aliphatic rings. The van der Waals surface area contributed by atoms with Gasteiger partial charge < -0.3 is 15.2 Å². The molecule has 3 rings (SSSR count). The third-order valence-corrected chi connectivity index (χ3v) is 5.85. The second-order valence-electron chi connectivity index (χ2n) is 7.39. The van der Waals surface area contributed by atoms with Crippen molar-refractivity contribution in [2.45, 2.75) is 52.1 Å². The summed E-state index contributed by atoms with van der Waals surface area (Å²) >= 11 is 0. The molecule has 1 aliphatic heterocycles. The van der Waals surface area contributed by atoms with Gasteiger partial charge in [0.05, 0.1) is 24.0 Å². The quantitative estimate of drug-likeness (QED) is 0.543. The fourth-order valence-electron chi connectivity index (χ4n) is 4.46. The molecule has 0 spiro atoms. The van der Waals surface area contributed by atoms with Crippen LogP contribution in [0.15, 0.2) is 18.0 Å². The van der Waals surface area contributed by atoms with Crippen LogP contribution in [0.2, 0.25) is 0 Å². The van der Waals surface area contributed by atoms with E-state index in [0.717, 1.165) is 53.5 Å². The van der Waals surface area contributed by atoms with Crippen LogP contribution in [0.5, 0.6) is 0 Å². The van der Waals surface area contributed by atoms with Gasteiger partial charge in [0, 0.05) is 12.6 Å². The molecule has 1 aliphatic carbocycles. The van der Waals surface area contributed by atoms with Crippen molar-refractivity contribution in [3.8, 4) is 0 Å². The molecule has 2 N–H and O–H groups in total. The van der Waals surface area contributed by atoms with Gasteiger partial charge in [-0.25, -0.2) is 9.18 Å². The van der Waals surface area contributed by atoms with E-state index in [1.54, 1.807) is 7.05 Å². The number of anilines is 1. The van der Waals surface area contributed by atoms with E-state index in [1.165, 1.54) is 6.08 Å². The van der Waals surface area contributed by atoms with E-state index in [2.05, 4.69) is 11.4 Å². The van der Waals surface area contributed by atoms with Gasteiger partial charge in [-0.05, 0) is 61.3 Å². The summed E-state index contributed by atoms with van der Waals surface area (Å²) in [7, 11) is 1.74. The van der Waals surface area contributed by atoms with Crippen molar-refractivity contribution < 1.29 is 23.8 Å². The van der Waals surface area contributed by atoms with Gasteiger partial charge in [-0.2, -0.15) is 0 Å². The zero-order valence-corrected chi connectivity index (χ0v) is 16.3. The Morgan fingerprint density at radius 3 is 2.86 bits per heavy atom. The van der Waals surface area contributed by atoms with Gasteiger partial charge in [0.25, 0.3) is 0 Å². The highest BCUT2D eigenvalue weighted by Gasteiger charge is 2.30. The summed E-state index contributed by atoms with van der Waals surface area (Å²) in [5.41, 5.74) is 5.54. The summed E-state index contributed by atoms with van der Waals surface area (Å²) in [6.45, 7) is 2.07. The Hall–Kier alpha value is -2.63. The van der Waals surface area contributed by atoms with Crippen LogP contribution in [-0.4, -0.2) is 24.1 Å². The van der Waals surface area contributed by atoms with Crippen molar-refractivity contribution in [2.75, 3.05) is 12.4 Å². The van der Waals surface area contributed by atoms with E-state index < -0.39 is 5.97 Å². The van der Waals surface area contributed by atoms with Gasteiger partial charge in [-0.3, -0.25) is 4.79 Å². The second-order valence-corrected chi connectivity index (χ2v) is 7.39. The zero-order chi connectivity index (χ0) is 20.3. The van der Waals surface area contributed by atoms with Gasteiger partial charge in [-0.15, -0.1) is 0 Å². The Morgan fingerprint density at radius 2 is 2.18 bits per heavy atom. The standard InChI is InChI=1S/C22H26FNO4/c1-13-16(9-10-23)17(21(24-2)20-18(13)12-28-22(20)27)8-7-14-5-3-4-6-15(14)11-19(25)26/h7,9-10,15,24H,3-6,8,11-12H2,1-2H3,(H,25,26). The number of benzene rings is 1. The maximum absolute atomic E-state index is 13.1. The molecule has 1 atom stereocenters. The van der Waals surface area contributed by atoms with Gasteiger partial charge in [0.15, 0.2) is 0 Å². The first-order chi connectivity index (χ1) is 13.5. The molecule has 0 aromatic heterocycles. The van der Waals surface area contributed by atoms with Crippen LogP contribution in [0.3, 0.4) is 0 Å². The third-order valence-electron chi connectivity index (χ3n) is 5.85. The first-order valence-electron chi connectivity index (χ1n) is 9.68. The van der Waals surface area contributed by atoms with Crippen LogP contribution in [0.1, 0.15) is 64.7 Å². The predicted octanol–water partition coefficient (Wildman–Crippen LogP) is 4.78. The molecule has 1 unspecified atom stereocenters. The minimum atomic E-state index is -0.786. The van der Waals surface area contributed by atoms with Gasteiger partial charge in [-0.1, -0.05) is 18.1 Å². The number of hydrogen-bond acceptors (Lipinski definition) is 4. The number of fused-ring (bicyclic) bond motifs is 1. The summed E-state index contributed by atoms with van der Waals surface area (Å²) in [5, 5.41) is 12.3. The van der Waals surface area contributed by atoms with Crippen molar-refractivity contribution in [2.24, 2.45) is 5.92 Å². The fraction of sp³-hybridized carbons (Fsp3) is 0.455. The Bertz CT molecular complexity index is 857. The molecule has 0 amide bonds. The van der Waals surface area contributed by atoms with E-state index in [-0.39, 0.29) is 24.9 Å². The number of esters is 1. The lowest BCUT2D eigenvalue weighted by molar-refractivity contribution is -0.137. The fourth-order valence-corrected chi connectivity index (χ4v) is 4.46. The highest BCUT2D eigenvalue weighted by molar-refractivity contribution is 6.01. The van der Waals surface area contributed by atoms with E-state index in [9.17, 15) is 19.1 Å². The number of carbonyl (C=O) groups excluding carboxylic acids is 1. The van der Waals surface area contributed by atoms with Crippen LogP contribution in [0.25, 0.3) is 6.08 Å². The summed E-state index contributed by atoms with van der Waals surface area (Å²) in [5.74, 6) is -1.11. The van der Waals surface area contributed by atoms with Crippen LogP contribution in [0.4, 0.5) is 10.1 Å². The van der Waals surface area contributed by atoms with E-state index in [4.69, 9.17) is 4.74 Å². The number of nitrogens with one attached hydrogen (secondary N) is 1. The van der Waals surface area contributed by atoms with E-state index >= 15 is 0 Å². The Balaban J connectivity index is 2.05. The maximum atomic E-state index is 13.1. The number of rotatable bonds is 6. The average Bonchev–Trinajstić information content (AvgIpc) is 3.05. The van der Waals surface area contributed by atoms with Crippen LogP contribution in [0, 0.1) is 12.8 Å². The SMILES string of the molecule is CNc1c(CC=C2CCCCC2CC(=O)O)c(C=CF)c(C)c2c1C(=O)OC2. The van der Waals surface area contributed by atoms with E-state index in [0.29, 0.717) is 24.0 Å². The van der Waals surface area contributed by atoms with Gasteiger partial charge in [0.1, 0.15) is 6.61 Å². The highest BCUT2D eigenvalue weighted by atomic mass is 19.1. The topological polar surface area (TPSA) is 75.6 Å². The first kappa shape index (κ1) is 20.1. The lowest BCUT2D eigenvalue weighted by Gasteiger charge is -2.25. The molecule has 1 aromatic carbocycles. The molecule has 1 heterocycles. The summed E-state index contributed by atoms with van der Waals surface area (Å²) in [6.07, 6.45) is 8.49. The highest BCUT2D eigenvalue weighted by Crippen LogP contribution is 2.39. The number of carbonyl (C=O) groups is 2. The molecule has 0 saturated heterocycles. The largest absolute Gasteiger partial charge is 0.481 e. The van der Waals surface area contributed by atoms with Crippen LogP contribution >= 0.6 is 0 Å². The minimum absolute atomic E-state index is 0.0462. The Morgan fingerprint density at radius 1 is 1.39 bits per heavy atom. The van der Waals surface area contributed by atoms with Gasteiger partial charge in [0.2, 0.25) is 0 Å².